The molecule has 1 atom stereocenters. The maximum absolute atomic E-state index is 13.1. The highest BCUT2D eigenvalue weighted by molar-refractivity contribution is 5.30. The van der Waals surface area contributed by atoms with Gasteiger partial charge in [-0.1, -0.05) is 5.92 Å². The van der Waals surface area contributed by atoms with Gasteiger partial charge in [0.1, 0.15) is 18.2 Å². The lowest BCUT2D eigenvalue weighted by atomic mass is 10.1. The Labute approximate surface area is 89.2 Å². The number of ether oxygens (including phenoxy) is 1. The van der Waals surface area contributed by atoms with E-state index in [1.54, 1.807) is 6.07 Å². The van der Waals surface area contributed by atoms with Gasteiger partial charge in [-0.2, -0.15) is 0 Å². The molecule has 0 fully saturated rings. The number of nitrogens with two attached hydrogens (primary N) is 1. The largest absolute Gasteiger partial charge is 0.481 e. The van der Waals surface area contributed by atoms with Crippen LogP contribution in [0, 0.1) is 18.2 Å². The van der Waals surface area contributed by atoms with E-state index in [0.717, 1.165) is 5.56 Å². The van der Waals surface area contributed by atoms with Crippen LogP contribution in [0.4, 0.5) is 4.39 Å². The number of hydrogen-bond acceptors (Lipinski definition) is 2. The fourth-order valence-corrected chi connectivity index (χ4v) is 1.32. The zero-order valence-electron chi connectivity index (χ0n) is 8.66. The Morgan fingerprint density at radius 3 is 2.87 bits per heavy atom. The highest BCUT2D eigenvalue weighted by Crippen LogP contribution is 2.17. The zero-order valence-corrected chi connectivity index (χ0v) is 8.66. The molecule has 0 amide bonds. The summed E-state index contributed by atoms with van der Waals surface area (Å²) in [6.07, 6.45) is 5.66. The van der Waals surface area contributed by atoms with E-state index in [2.05, 4.69) is 5.92 Å². The maximum atomic E-state index is 13.1. The van der Waals surface area contributed by atoms with E-state index < -0.39 is 0 Å². The molecule has 2 nitrogen and oxygen atoms in total. The first-order chi connectivity index (χ1) is 7.11. The molecule has 1 unspecified atom stereocenters. The quantitative estimate of drug-likeness (QED) is 0.763. The summed E-state index contributed by atoms with van der Waals surface area (Å²) < 4.78 is 18.3. The smallest absolute Gasteiger partial charge is 0.148 e. The van der Waals surface area contributed by atoms with Gasteiger partial charge in [0.2, 0.25) is 0 Å². The van der Waals surface area contributed by atoms with Gasteiger partial charge in [0.05, 0.1) is 0 Å². The standard InChI is InChI=1S/C12H14FNO/c1-3-4-15-12-7-10(5-9(2)14)6-11(13)8-12/h1,6-9H,4-5,14H2,2H3. The SMILES string of the molecule is C#CCOc1cc(F)cc(CC(C)N)c1. The summed E-state index contributed by atoms with van der Waals surface area (Å²) in [4.78, 5) is 0. The van der Waals surface area contributed by atoms with E-state index in [4.69, 9.17) is 16.9 Å². The molecule has 0 spiro atoms. The minimum Gasteiger partial charge on any atom is -0.481 e. The van der Waals surface area contributed by atoms with Crippen LogP contribution in [0.2, 0.25) is 0 Å². The Bertz CT molecular complexity index is 368. The fourth-order valence-electron chi connectivity index (χ4n) is 1.32. The van der Waals surface area contributed by atoms with Crippen LogP contribution >= 0.6 is 0 Å². The molecule has 0 aliphatic carbocycles. The molecular formula is C12H14FNO. The van der Waals surface area contributed by atoms with Gasteiger partial charge in [-0.3, -0.25) is 0 Å². The summed E-state index contributed by atoms with van der Waals surface area (Å²) in [5, 5.41) is 0. The molecule has 1 rings (SSSR count). The number of terminal acetylenes is 1. The summed E-state index contributed by atoms with van der Waals surface area (Å²) in [6, 6.07) is 4.50. The van der Waals surface area contributed by atoms with Crippen molar-refractivity contribution in [2.75, 3.05) is 6.61 Å². The summed E-state index contributed by atoms with van der Waals surface area (Å²) in [6.45, 7) is 2.01. The molecule has 3 heteroatoms. The van der Waals surface area contributed by atoms with Crippen molar-refractivity contribution in [3.63, 3.8) is 0 Å². The summed E-state index contributed by atoms with van der Waals surface area (Å²) in [5.74, 6) is 2.44. The molecule has 0 heterocycles. The monoisotopic (exact) mass is 207 g/mol. The molecule has 80 valence electrons. The van der Waals surface area contributed by atoms with Gasteiger partial charge in [-0.05, 0) is 31.0 Å². The highest BCUT2D eigenvalue weighted by Gasteiger charge is 2.03. The van der Waals surface area contributed by atoms with Crippen molar-refractivity contribution in [1.29, 1.82) is 0 Å². The predicted octanol–water partition coefficient (Wildman–Crippen LogP) is 1.73. The second kappa shape index (κ2) is 5.38. The molecule has 0 aromatic heterocycles. The normalized spacial score (nSPS) is 11.9. The Balaban J connectivity index is 2.81. The minimum absolute atomic E-state index is 0.00714. The molecular weight excluding hydrogens is 193 g/mol. The Hall–Kier alpha value is -1.53. The van der Waals surface area contributed by atoms with Crippen molar-refractivity contribution in [2.45, 2.75) is 19.4 Å². The average Bonchev–Trinajstić information content (AvgIpc) is 2.12. The van der Waals surface area contributed by atoms with Crippen molar-refractivity contribution in [2.24, 2.45) is 5.73 Å². The maximum Gasteiger partial charge on any atom is 0.148 e. The van der Waals surface area contributed by atoms with Gasteiger partial charge < -0.3 is 10.5 Å². The third kappa shape index (κ3) is 4.01. The number of hydrogen-bond donors (Lipinski definition) is 1. The Morgan fingerprint density at radius 2 is 2.27 bits per heavy atom. The molecule has 1 aromatic rings. The predicted molar refractivity (Wildman–Crippen MR) is 58.1 cm³/mol. The van der Waals surface area contributed by atoms with E-state index >= 15 is 0 Å². The van der Waals surface area contributed by atoms with Gasteiger partial charge in [0.15, 0.2) is 0 Å². The van der Waals surface area contributed by atoms with Crippen molar-refractivity contribution in [3.05, 3.63) is 29.6 Å². The van der Waals surface area contributed by atoms with Crippen LogP contribution < -0.4 is 10.5 Å². The summed E-state index contributed by atoms with van der Waals surface area (Å²) in [7, 11) is 0. The third-order valence-corrected chi connectivity index (χ3v) is 1.81. The first kappa shape index (κ1) is 11.5. The molecule has 0 aliphatic heterocycles. The lowest BCUT2D eigenvalue weighted by Crippen LogP contribution is -2.17. The van der Waals surface area contributed by atoms with Gasteiger partial charge in [-0.15, -0.1) is 6.42 Å². The van der Waals surface area contributed by atoms with Crippen LogP contribution in [0.3, 0.4) is 0 Å². The van der Waals surface area contributed by atoms with Gasteiger partial charge >= 0.3 is 0 Å². The summed E-state index contributed by atoms with van der Waals surface area (Å²) in [5.41, 5.74) is 6.45. The van der Waals surface area contributed by atoms with E-state index in [-0.39, 0.29) is 18.5 Å². The molecule has 1 aromatic carbocycles. The molecule has 0 radical (unpaired) electrons. The highest BCUT2D eigenvalue weighted by atomic mass is 19.1. The number of halogens is 1. The van der Waals surface area contributed by atoms with Crippen LogP contribution in [0.15, 0.2) is 18.2 Å². The minimum atomic E-state index is -0.333. The van der Waals surface area contributed by atoms with Crippen LogP contribution in [0.1, 0.15) is 12.5 Å². The van der Waals surface area contributed by atoms with Crippen molar-refractivity contribution >= 4 is 0 Å². The van der Waals surface area contributed by atoms with E-state index in [1.165, 1.54) is 12.1 Å². The average molecular weight is 207 g/mol. The van der Waals surface area contributed by atoms with E-state index in [0.29, 0.717) is 12.2 Å². The van der Waals surface area contributed by atoms with Crippen molar-refractivity contribution in [3.8, 4) is 18.1 Å². The van der Waals surface area contributed by atoms with Gasteiger partial charge in [0, 0.05) is 12.1 Å². The Morgan fingerprint density at radius 1 is 1.53 bits per heavy atom. The lowest BCUT2D eigenvalue weighted by molar-refractivity contribution is 0.367. The summed E-state index contributed by atoms with van der Waals surface area (Å²) >= 11 is 0. The first-order valence-corrected chi connectivity index (χ1v) is 4.73. The molecule has 15 heavy (non-hydrogen) atoms. The number of benzene rings is 1. The third-order valence-electron chi connectivity index (χ3n) is 1.81. The van der Waals surface area contributed by atoms with E-state index in [9.17, 15) is 4.39 Å². The van der Waals surface area contributed by atoms with Crippen LogP contribution in [-0.4, -0.2) is 12.6 Å². The second-order valence-corrected chi connectivity index (χ2v) is 3.47. The molecule has 0 saturated carbocycles. The fraction of sp³-hybridized carbons (Fsp3) is 0.333. The van der Waals surface area contributed by atoms with Gasteiger partial charge in [0.25, 0.3) is 0 Å². The van der Waals surface area contributed by atoms with Crippen LogP contribution in [0.25, 0.3) is 0 Å². The van der Waals surface area contributed by atoms with Crippen LogP contribution in [-0.2, 0) is 6.42 Å². The molecule has 0 bridgehead atoms. The zero-order chi connectivity index (χ0) is 11.3. The molecule has 0 aliphatic rings. The number of rotatable bonds is 4. The van der Waals surface area contributed by atoms with Crippen molar-refractivity contribution < 1.29 is 9.13 Å². The first-order valence-electron chi connectivity index (χ1n) is 4.73. The topological polar surface area (TPSA) is 35.2 Å². The second-order valence-electron chi connectivity index (χ2n) is 3.47. The van der Waals surface area contributed by atoms with Crippen LogP contribution in [0.5, 0.6) is 5.75 Å². The lowest BCUT2D eigenvalue weighted by Gasteiger charge is -2.08. The van der Waals surface area contributed by atoms with Crippen molar-refractivity contribution in [1.82, 2.24) is 0 Å². The van der Waals surface area contributed by atoms with Gasteiger partial charge in [-0.25, -0.2) is 4.39 Å². The molecule has 2 N–H and O–H groups in total. The Kier molecular flexibility index (Phi) is 4.14. The molecule has 0 saturated heterocycles. The van der Waals surface area contributed by atoms with E-state index in [1.807, 2.05) is 6.92 Å².